The van der Waals surface area contributed by atoms with Crippen LogP contribution in [0.3, 0.4) is 0 Å². The zero-order valence-electron chi connectivity index (χ0n) is 21.7. The van der Waals surface area contributed by atoms with Crippen LogP contribution in [0, 0.1) is 0 Å². The van der Waals surface area contributed by atoms with Crippen molar-refractivity contribution in [1.82, 2.24) is 19.4 Å². The number of methoxy groups -OCH3 is 1. The molecule has 1 saturated carbocycles. The molecule has 2 aliphatic heterocycles. The van der Waals surface area contributed by atoms with Gasteiger partial charge < -0.3 is 18.9 Å². The maximum atomic E-state index is 13.2. The number of hydrogen-bond donors (Lipinski definition) is 0. The molecule has 0 spiro atoms. The lowest BCUT2D eigenvalue weighted by molar-refractivity contribution is -0.275. The van der Waals surface area contributed by atoms with Crippen molar-refractivity contribution in [3.05, 3.63) is 39.1 Å². The van der Waals surface area contributed by atoms with Crippen LogP contribution in [0.5, 0.6) is 11.5 Å². The number of aliphatic imine (C=N–C) groups is 1. The average Bonchev–Trinajstić information content (AvgIpc) is 3.59. The first-order valence-corrected chi connectivity index (χ1v) is 14.4. The number of likely N-dealkylation sites (tertiary alicyclic amines) is 1. The molecule has 2 fully saturated rings. The standard InChI is InChI=1S/C27H27ClF3N5O3S/c1-38-23-18(15-4-5-15)11-17(12-20(23)39-27(29,30)31)22-24(28)40-26(34-22)16-6-9-35(10-7-16)21(37)13-36-14-33-19-3-2-8-32-25(19)36/h8,11-12,14-16H,2-7,9-10,13H2,1H3. The quantitative estimate of drug-likeness (QED) is 0.312. The number of carbonyl (C=O) groups excluding carboxylic acids is 1. The number of piperidine rings is 1. The molecule has 0 atom stereocenters. The van der Waals surface area contributed by atoms with Gasteiger partial charge in [0.05, 0.1) is 24.1 Å². The fourth-order valence-corrected chi connectivity index (χ4v) is 6.75. The van der Waals surface area contributed by atoms with Gasteiger partial charge in [-0.2, -0.15) is 0 Å². The van der Waals surface area contributed by atoms with E-state index in [0.717, 1.165) is 42.2 Å². The van der Waals surface area contributed by atoms with Gasteiger partial charge in [-0.25, -0.2) is 15.0 Å². The number of thiazole rings is 1. The summed E-state index contributed by atoms with van der Waals surface area (Å²) in [5.41, 5.74) is 2.49. The summed E-state index contributed by atoms with van der Waals surface area (Å²) in [5.74, 6) is 0.681. The number of nitrogens with zero attached hydrogens (tertiary/aromatic N) is 5. The van der Waals surface area contributed by atoms with Crippen LogP contribution < -0.4 is 9.47 Å². The number of alkyl halides is 3. The molecule has 0 bridgehead atoms. The summed E-state index contributed by atoms with van der Waals surface area (Å²) < 4.78 is 51.4. The number of aromatic nitrogens is 3. The van der Waals surface area contributed by atoms with Crippen LogP contribution in [0.1, 0.15) is 60.2 Å². The van der Waals surface area contributed by atoms with Gasteiger partial charge >= 0.3 is 6.36 Å². The van der Waals surface area contributed by atoms with E-state index in [1.807, 2.05) is 17.2 Å². The van der Waals surface area contributed by atoms with Gasteiger partial charge in [0.2, 0.25) is 5.91 Å². The van der Waals surface area contributed by atoms with Gasteiger partial charge in [0.25, 0.3) is 0 Å². The van der Waals surface area contributed by atoms with Crippen LogP contribution in [0.15, 0.2) is 23.5 Å². The van der Waals surface area contributed by atoms with Crippen LogP contribution in [-0.2, 0) is 17.8 Å². The summed E-state index contributed by atoms with van der Waals surface area (Å²) >= 11 is 7.93. The molecule has 212 valence electrons. The lowest BCUT2D eigenvalue weighted by Crippen LogP contribution is -2.39. The molecule has 8 nitrogen and oxygen atoms in total. The van der Waals surface area contributed by atoms with E-state index in [1.54, 1.807) is 10.9 Å². The Morgan fingerprint density at radius 3 is 2.65 bits per heavy atom. The Bertz CT molecular complexity index is 1460. The SMILES string of the molecule is COc1c(OC(F)(F)F)cc(-c2nc(C3CCN(C(=O)Cn4cnc5c4N=CCC5)CC3)sc2Cl)cc1C1CC1. The first-order valence-electron chi connectivity index (χ1n) is 13.2. The second-order valence-electron chi connectivity index (χ2n) is 10.2. The highest BCUT2D eigenvalue weighted by Crippen LogP contribution is 2.51. The third kappa shape index (κ3) is 5.56. The maximum absolute atomic E-state index is 13.2. The van der Waals surface area contributed by atoms with Crippen LogP contribution in [0.25, 0.3) is 11.3 Å². The number of rotatable bonds is 7. The molecule has 1 aliphatic carbocycles. The number of hydrogen-bond acceptors (Lipinski definition) is 7. The predicted molar refractivity (Wildman–Crippen MR) is 145 cm³/mol. The highest BCUT2D eigenvalue weighted by molar-refractivity contribution is 7.16. The van der Waals surface area contributed by atoms with Crippen molar-refractivity contribution in [1.29, 1.82) is 0 Å². The molecule has 40 heavy (non-hydrogen) atoms. The number of carbonyl (C=O) groups is 1. The number of aryl methyl sites for hydroxylation is 1. The number of amides is 1. The average molecular weight is 594 g/mol. The van der Waals surface area contributed by atoms with Crippen molar-refractivity contribution in [3.63, 3.8) is 0 Å². The molecule has 3 aliphatic rings. The van der Waals surface area contributed by atoms with Crippen molar-refractivity contribution in [2.24, 2.45) is 4.99 Å². The van der Waals surface area contributed by atoms with Gasteiger partial charge in [0, 0.05) is 36.3 Å². The molecular weight excluding hydrogens is 567 g/mol. The molecule has 0 radical (unpaired) electrons. The Labute approximate surface area is 237 Å². The minimum atomic E-state index is -4.86. The summed E-state index contributed by atoms with van der Waals surface area (Å²) in [6.07, 6.45) is 3.53. The first-order chi connectivity index (χ1) is 19.2. The van der Waals surface area contributed by atoms with E-state index in [1.165, 1.54) is 24.5 Å². The molecule has 0 N–H and O–H groups in total. The number of fused-ring (bicyclic) bond motifs is 1. The van der Waals surface area contributed by atoms with Crippen molar-refractivity contribution in [2.45, 2.75) is 63.3 Å². The summed E-state index contributed by atoms with van der Waals surface area (Å²) in [5, 5.41) is 0.812. The fraction of sp³-hybridized carbons (Fsp3) is 0.481. The van der Waals surface area contributed by atoms with Crippen molar-refractivity contribution in [2.75, 3.05) is 20.2 Å². The first kappa shape index (κ1) is 27.1. The molecule has 0 unspecified atom stereocenters. The van der Waals surface area contributed by atoms with Gasteiger partial charge in [0.1, 0.15) is 16.6 Å². The number of benzene rings is 1. The van der Waals surface area contributed by atoms with Gasteiger partial charge in [-0.15, -0.1) is 24.5 Å². The van der Waals surface area contributed by atoms with E-state index in [0.29, 0.717) is 47.1 Å². The van der Waals surface area contributed by atoms with Crippen molar-refractivity contribution < 1.29 is 27.4 Å². The van der Waals surface area contributed by atoms with Crippen LogP contribution in [-0.4, -0.2) is 58.1 Å². The van der Waals surface area contributed by atoms with Crippen LogP contribution >= 0.6 is 22.9 Å². The third-order valence-electron chi connectivity index (χ3n) is 7.52. The molecule has 1 amide bonds. The van der Waals surface area contributed by atoms with E-state index in [4.69, 9.17) is 21.3 Å². The largest absolute Gasteiger partial charge is 0.573 e. The fourth-order valence-electron chi connectivity index (χ4n) is 5.38. The number of imidazole rings is 1. The third-order valence-corrected chi connectivity index (χ3v) is 8.93. The Morgan fingerprint density at radius 1 is 1.18 bits per heavy atom. The summed E-state index contributed by atoms with van der Waals surface area (Å²) in [6, 6.07) is 3.10. The van der Waals surface area contributed by atoms with Crippen LogP contribution in [0.4, 0.5) is 19.0 Å². The molecule has 13 heteroatoms. The molecule has 1 saturated heterocycles. The highest BCUT2D eigenvalue weighted by Gasteiger charge is 2.36. The minimum Gasteiger partial charge on any atom is -0.493 e. The summed E-state index contributed by atoms with van der Waals surface area (Å²) in [7, 11) is 1.34. The Hall–Kier alpha value is -3.12. The summed E-state index contributed by atoms with van der Waals surface area (Å²) in [4.78, 5) is 28.4. The highest BCUT2D eigenvalue weighted by atomic mass is 35.5. The van der Waals surface area contributed by atoms with E-state index < -0.39 is 12.1 Å². The van der Waals surface area contributed by atoms with Crippen molar-refractivity contribution in [3.8, 4) is 22.8 Å². The van der Waals surface area contributed by atoms with Gasteiger partial charge in [-0.3, -0.25) is 4.79 Å². The molecule has 1 aromatic carbocycles. The smallest absolute Gasteiger partial charge is 0.493 e. The maximum Gasteiger partial charge on any atom is 0.573 e. The van der Waals surface area contributed by atoms with Crippen LogP contribution in [0.2, 0.25) is 4.34 Å². The van der Waals surface area contributed by atoms with E-state index >= 15 is 0 Å². The van der Waals surface area contributed by atoms with Gasteiger partial charge in [0.15, 0.2) is 17.3 Å². The summed E-state index contributed by atoms with van der Waals surface area (Å²) in [6.45, 7) is 1.35. The lowest BCUT2D eigenvalue weighted by atomic mass is 9.97. The van der Waals surface area contributed by atoms with E-state index in [2.05, 4.69) is 14.7 Å². The number of ether oxygens (including phenoxy) is 2. The Morgan fingerprint density at radius 2 is 1.95 bits per heavy atom. The predicted octanol–water partition coefficient (Wildman–Crippen LogP) is 6.50. The Balaban J connectivity index is 1.17. The molecule has 2 aromatic heterocycles. The van der Waals surface area contributed by atoms with Gasteiger partial charge in [-0.05, 0) is 56.6 Å². The van der Waals surface area contributed by atoms with E-state index in [9.17, 15) is 18.0 Å². The minimum absolute atomic E-state index is 0.0142. The Kier molecular flexibility index (Phi) is 7.24. The molecular formula is C27H27ClF3N5O3S. The zero-order valence-corrected chi connectivity index (χ0v) is 23.3. The molecule has 3 aromatic rings. The zero-order chi connectivity index (χ0) is 28.0. The second-order valence-corrected chi connectivity index (χ2v) is 11.9. The monoisotopic (exact) mass is 593 g/mol. The van der Waals surface area contributed by atoms with Crippen molar-refractivity contribution >= 4 is 40.9 Å². The lowest BCUT2D eigenvalue weighted by Gasteiger charge is -2.31. The van der Waals surface area contributed by atoms with Gasteiger partial charge in [-0.1, -0.05) is 11.6 Å². The molecule has 4 heterocycles. The van der Waals surface area contributed by atoms with E-state index in [-0.39, 0.29) is 30.0 Å². The molecule has 6 rings (SSSR count). The normalized spacial score (nSPS) is 17.7. The topological polar surface area (TPSA) is 81.8 Å². The second kappa shape index (κ2) is 10.7. The number of halogens is 4.